The van der Waals surface area contributed by atoms with Crippen molar-refractivity contribution in [2.24, 2.45) is 11.7 Å². The highest BCUT2D eigenvalue weighted by Gasteiger charge is 2.29. The molecule has 0 aromatic heterocycles. The van der Waals surface area contributed by atoms with E-state index in [0.717, 1.165) is 13.1 Å². The Hall–Kier alpha value is -1.38. The van der Waals surface area contributed by atoms with E-state index in [2.05, 4.69) is 54.4 Å². The van der Waals surface area contributed by atoms with Crippen LogP contribution >= 0.6 is 0 Å². The summed E-state index contributed by atoms with van der Waals surface area (Å²) in [5.74, 6) is 0.676. The fraction of sp³-hybridized carbons (Fsp3) is 0.444. The van der Waals surface area contributed by atoms with E-state index in [0.29, 0.717) is 12.0 Å². The second-order valence-electron chi connectivity index (χ2n) is 6.05. The molecule has 0 aliphatic heterocycles. The van der Waals surface area contributed by atoms with Crippen LogP contribution in [0.15, 0.2) is 42.5 Å². The highest BCUT2D eigenvalue weighted by molar-refractivity contribution is 5.85. The maximum absolute atomic E-state index is 5.92. The Kier molecular flexibility index (Phi) is 4.04. The first-order valence-electron chi connectivity index (χ1n) is 7.66. The van der Waals surface area contributed by atoms with Gasteiger partial charge in [-0.3, -0.25) is 4.90 Å². The van der Waals surface area contributed by atoms with Crippen LogP contribution in [0.1, 0.15) is 24.8 Å². The number of fused-ring (bicyclic) bond motifs is 1. The van der Waals surface area contributed by atoms with Gasteiger partial charge in [0.2, 0.25) is 0 Å². The van der Waals surface area contributed by atoms with E-state index in [9.17, 15) is 0 Å². The van der Waals surface area contributed by atoms with E-state index < -0.39 is 0 Å². The molecule has 0 spiro atoms. The van der Waals surface area contributed by atoms with E-state index in [1.807, 2.05) is 0 Å². The van der Waals surface area contributed by atoms with Gasteiger partial charge < -0.3 is 5.73 Å². The van der Waals surface area contributed by atoms with E-state index in [4.69, 9.17) is 5.73 Å². The maximum atomic E-state index is 5.92. The molecule has 1 saturated carbocycles. The zero-order chi connectivity index (χ0) is 13.9. The first kappa shape index (κ1) is 13.6. The third kappa shape index (κ3) is 2.58. The average Bonchev–Trinajstić information content (AvgIpc) is 2.96. The molecule has 2 heteroatoms. The molecule has 2 aromatic carbocycles. The van der Waals surface area contributed by atoms with Gasteiger partial charge in [0.15, 0.2) is 0 Å². The third-order valence-electron chi connectivity index (χ3n) is 4.79. The Balaban J connectivity index is 1.82. The lowest BCUT2D eigenvalue weighted by atomic mass is 10.0. The summed E-state index contributed by atoms with van der Waals surface area (Å²) in [6.07, 6.45) is 3.91. The second kappa shape index (κ2) is 5.94. The molecule has 2 unspecified atom stereocenters. The van der Waals surface area contributed by atoms with Gasteiger partial charge in [-0.2, -0.15) is 0 Å². The van der Waals surface area contributed by atoms with Crippen molar-refractivity contribution in [1.29, 1.82) is 0 Å². The van der Waals surface area contributed by atoms with Gasteiger partial charge in [-0.05, 0) is 48.7 Å². The highest BCUT2D eigenvalue weighted by Crippen LogP contribution is 2.30. The minimum Gasteiger partial charge on any atom is -0.330 e. The van der Waals surface area contributed by atoms with Crippen molar-refractivity contribution >= 4 is 10.8 Å². The van der Waals surface area contributed by atoms with Gasteiger partial charge >= 0.3 is 0 Å². The molecule has 106 valence electrons. The Labute approximate surface area is 121 Å². The summed E-state index contributed by atoms with van der Waals surface area (Å²) in [6.45, 7) is 1.84. The highest BCUT2D eigenvalue weighted by atomic mass is 15.1. The Morgan fingerprint density at radius 2 is 1.90 bits per heavy atom. The summed E-state index contributed by atoms with van der Waals surface area (Å²) in [5, 5.41) is 2.71. The molecule has 3 rings (SSSR count). The maximum Gasteiger partial charge on any atom is 0.0239 e. The molecular weight excluding hydrogens is 244 g/mol. The molecule has 0 saturated heterocycles. The molecule has 1 aliphatic carbocycles. The zero-order valence-corrected chi connectivity index (χ0v) is 12.3. The lowest BCUT2D eigenvalue weighted by molar-refractivity contribution is 0.193. The van der Waals surface area contributed by atoms with Crippen molar-refractivity contribution in [3.8, 4) is 0 Å². The van der Waals surface area contributed by atoms with Crippen molar-refractivity contribution < 1.29 is 0 Å². The largest absolute Gasteiger partial charge is 0.330 e. The van der Waals surface area contributed by atoms with E-state index >= 15 is 0 Å². The van der Waals surface area contributed by atoms with Crippen LogP contribution in [0, 0.1) is 5.92 Å². The van der Waals surface area contributed by atoms with Crippen molar-refractivity contribution in [2.75, 3.05) is 13.6 Å². The van der Waals surface area contributed by atoms with Crippen molar-refractivity contribution in [3.63, 3.8) is 0 Å². The molecule has 20 heavy (non-hydrogen) atoms. The molecule has 2 atom stereocenters. The first-order valence-corrected chi connectivity index (χ1v) is 7.66. The SMILES string of the molecule is CN(Cc1cccc2ccccc12)C1CCCC1CN. The summed E-state index contributed by atoms with van der Waals surface area (Å²) < 4.78 is 0. The number of hydrogen-bond acceptors (Lipinski definition) is 2. The quantitative estimate of drug-likeness (QED) is 0.921. The standard InChI is InChI=1S/C18H24N2/c1-20(18-11-5-8-15(18)12-19)13-16-9-4-7-14-6-2-3-10-17(14)16/h2-4,6-7,9-10,15,18H,5,8,11-13,19H2,1H3. The van der Waals surface area contributed by atoms with Gasteiger partial charge in [0.1, 0.15) is 0 Å². The van der Waals surface area contributed by atoms with E-state index in [1.165, 1.54) is 35.6 Å². The lowest BCUT2D eigenvalue weighted by Crippen LogP contribution is -2.37. The van der Waals surface area contributed by atoms with Crippen molar-refractivity contribution in [3.05, 3.63) is 48.0 Å². The van der Waals surface area contributed by atoms with Crippen LogP contribution in [0.4, 0.5) is 0 Å². The summed E-state index contributed by atoms with van der Waals surface area (Å²) in [5.41, 5.74) is 7.34. The number of nitrogens with two attached hydrogens (primary N) is 1. The van der Waals surface area contributed by atoms with Gasteiger partial charge in [0, 0.05) is 12.6 Å². The number of rotatable bonds is 4. The van der Waals surface area contributed by atoms with Gasteiger partial charge in [-0.15, -0.1) is 0 Å². The Bertz CT molecular complexity index is 573. The van der Waals surface area contributed by atoms with Crippen LogP contribution in [0.5, 0.6) is 0 Å². The zero-order valence-electron chi connectivity index (χ0n) is 12.3. The molecule has 0 heterocycles. The molecule has 2 N–H and O–H groups in total. The fourth-order valence-electron chi connectivity index (χ4n) is 3.69. The number of benzene rings is 2. The van der Waals surface area contributed by atoms with Gasteiger partial charge in [0.25, 0.3) is 0 Å². The summed E-state index contributed by atoms with van der Waals surface area (Å²) in [7, 11) is 2.25. The summed E-state index contributed by atoms with van der Waals surface area (Å²) in [4.78, 5) is 2.51. The minimum atomic E-state index is 0.652. The topological polar surface area (TPSA) is 29.3 Å². The molecule has 0 radical (unpaired) electrons. The predicted octanol–water partition coefficient (Wildman–Crippen LogP) is 3.40. The summed E-state index contributed by atoms with van der Waals surface area (Å²) >= 11 is 0. The first-order chi connectivity index (χ1) is 9.79. The van der Waals surface area contributed by atoms with Gasteiger partial charge in [-0.25, -0.2) is 0 Å². The van der Waals surface area contributed by atoms with Crippen molar-refractivity contribution in [2.45, 2.75) is 31.8 Å². The number of hydrogen-bond donors (Lipinski definition) is 1. The summed E-state index contributed by atoms with van der Waals surface area (Å²) in [6, 6.07) is 15.9. The van der Waals surface area contributed by atoms with Crippen LogP contribution in [-0.2, 0) is 6.54 Å². The van der Waals surface area contributed by atoms with Crippen LogP contribution in [0.2, 0.25) is 0 Å². The fourth-order valence-corrected chi connectivity index (χ4v) is 3.69. The molecular formula is C18H24N2. The molecule has 2 aromatic rings. The monoisotopic (exact) mass is 268 g/mol. The minimum absolute atomic E-state index is 0.652. The van der Waals surface area contributed by atoms with Crippen molar-refractivity contribution in [1.82, 2.24) is 4.90 Å². The van der Waals surface area contributed by atoms with Gasteiger partial charge in [-0.1, -0.05) is 48.9 Å². The molecule has 0 bridgehead atoms. The van der Waals surface area contributed by atoms with Crippen LogP contribution in [-0.4, -0.2) is 24.5 Å². The molecule has 2 nitrogen and oxygen atoms in total. The molecule has 1 aliphatic rings. The van der Waals surface area contributed by atoms with Crippen LogP contribution in [0.25, 0.3) is 10.8 Å². The molecule has 0 amide bonds. The smallest absolute Gasteiger partial charge is 0.0239 e. The predicted molar refractivity (Wildman–Crippen MR) is 85.6 cm³/mol. The second-order valence-corrected chi connectivity index (χ2v) is 6.05. The Morgan fingerprint density at radius 3 is 2.75 bits per heavy atom. The number of nitrogens with zero attached hydrogens (tertiary/aromatic N) is 1. The average molecular weight is 268 g/mol. The van der Waals surface area contributed by atoms with E-state index in [-0.39, 0.29) is 0 Å². The third-order valence-corrected chi connectivity index (χ3v) is 4.79. The molecule has 1 fully saturated rings. The van der Waals surface area contributed by atoms with Crippen LogP contribution in [0.3, 0.4) is 0 Å². The Morgan fingerprint density at radius 1 is 1.10 bits per heavy atom. The lowest BCUT2D eigenvalue weighted by Gasteiger charge is -2.29. The van der Waals surface area contributed by atoms with E-state index in [1.54, 1.807) is 0 Å². The normalized spacial score (nSPS) is 22.8. The van der Waals surface area contributed by atoms with Gasteiger partial charge in [0.05, 0.1) is 0 Å². The van der Waals surface area contributed by atoms with Crippen LogP contribution < -0.4 is 5.73 Å².